The highest BCUT2D eigenvalue weighted by Gasteiger charge is 2.27. The van der Waals surface area contributed by atoms with Crippen molar-refractivity contribution in [2.24, 2.45) is 0 Å². The Kier molecular flexibility index (Phi) is 6.42. The molecule has 31 heavy (non-hydrogen) atoms. The molecule has 1 aromatic heterocycles. The summed E-state index contributed by atoms with van der Waals surface area (Å²) in [5, 5.41) is 15.2. The normalized spacial score (nSPS) is 14.2. The fourth-order valence-electron chi connectivity index (χ4n) is 3.47. The Morgan fingerprint density at radius 2 is 1.71 bits per heavy atom. The minimum atomic E-state index is -0.261. The zero-order valence-corrected chi connectivity index (χ0v) is 17.9. The summed E-state index contributed by atoms with van der Waals surface area (Å²) in [6.07, 6.45) is 1.54. The lowest BCUT2D eigenvalue weighted by atomic mass is 9.98. The van der Waals surface area contributed by atoms with Crippen molar-refractivity contribution in [3.8, 4) is 5.75 Å². The smallest absolute Gasteiger partial charge is 0.321 e. The average Bonchev–Trinajstić information content (AvgIpc) is 3.31. The number of hydrogen-bond donors (Lipinski definition) is 2. The van der Waals surface area contributed by atoms with Crippen molar-refractivity contribution in [2.75, 3.05) is 30.8 Å². The Labute approximate surface area is 184 Å². The van der Waals surface area contributed by atoms with Crippen LogP contribution in [0.5, 0.6) is 5.75 Å². The lowest BCUT2D eigenvalue weighted by Gasteiger charge is -2.31. The minimum Gasteiger partial charge on any atom is -0.495 e. The molecule has 3 aromatic rings. The number of rotatable bonds is 5. The van der Waals surface area contributed by atoms with E-state index in [0.29, 0.717) is 29.5 Å². The summed E-state index contributed by atoms with van der Waals surface area (Å²) in [4.78, 5) is 26.8. The van der Waals surface area contributed by atoms with Gasteiger partial charge in [-0.15, -0.1) is 10.2 Å². The van der Waals surface area contributed by atoms with Crippen LogP contribution in [-0.2, 0) is 0 Å². The Balaban J connectivity index is 1.32. The number of methoxy groups -OCH3 is 1. The molecule has 1 fully saturated rings. The summed E-state index contributed by atoms with van der Waals surface area (Å²) < 4.78 is 5.29. The van der Waals surface area contributed by atoms with Gasteiger partial charge in [-0.2, -0.15) is 0 Å². The maximum absolute atomic E-state index is 12.6. The number of nitrogens with zero attached hydrogens (tertiary/aromatic N) is 3. The van der Waals surface area contributed by atoms with Crippen molar-refractivity contribution in [3.05, 3.63) is 64.6 Å². The van der Waals surface area contributed by atoms with Gasteiger partial charge in [-0.3, -0.25) is 4.79 Å². The molecule has 2 aromatic carbocycles. The molecule has 0 bridgehead atoms. The predicted octanol–water partition coefficient (Wildman–Crippen LogP) is 4.21. The Morgan fingerprint density at radius 3 is 2.45 bits per heavy atom. The second-order valence-corrected chi connectivity index (χ2v) is 8.17. The topological polar surface area (TPSA) is 96.4 Å². The number of carbonyl (C=O) groups is 2. The van der Waals surface area contributed by atoms with Crippen LogP contribution in [0.2, 0.25) is 0 Å². The van der Waals surface area contributed by atoms with Crippen molar-refractivity contribution in [2.45, 2.75) is 18.8 Å². The van der Waals surface area contributed by atoms with Crippen LogP contribution >= 0.6 is 11.3 Å². The van der Waals surface area contributed by atoms with Crippen LogP contribution in [0, 0.1) is 0 Å². The number of amides is 3. The average molecular weight is 438 g/mol. The molecule has 0 spiro atoms. The summed E-state index contributed by atoms with van der Waals surface area (Å²) in [7, 11) is 1.58. The number of carbonyl (C=O) groups excluding carboxylic acids is 2. The van der Waals surface area contributed by atoms with Gasteiger partial charge >= 0.3 is 6.03 Å². The third-order valence-corrected chi connectivity index (χ3v) is 6.23. The molecule has 0 radical (unpaired) electrons. The second kappa shape index (κ2) is 9.57. The molecule has 1 aliphatic rings. The number of hydrogen-bond acceptors (Lipinski definition) is 6. The molecular weight excluding hydrogens is 414 g/mol. The van der Waals surface area contributed by atoms with Crippen molar-refractivity contribution in [1.82, 2.24) is 15.1 Å². The predicted molar refractivity (Wildman–Crippen MR) is 120 cm³/mol. The van der Waals surface area contributed by atoms with Gasteiger partial charge in [0.1, 0.15) is 10.8 Å². The molecule has 0 unspecified atom stereocenters. The van der Waals surface area contributed by atoms with E-state index in [0.717, 1.165) is 23.5 Å². The molecule has 0 aliphatic carbocycles. The highest BCUT2D eigenvalue weighted by Crippen LogP contribution is 2.31. The van der Waals surface area contributed by atoms with Gasteiger partial charge in [0.15, 0.2) is 0 Å². The number of likely N-dealkylation sites (tertiary alicyclic amines) is 1. The third kappa shape index (κ3) is 5.00. The van der Waals surface area contributed by atoms with Crippen molar-refractivity contribution in [1.29, 1.82) is 0 Å². The molecule has 4 rings (SSSR count). The number of urea groups is 1. The monoisotopic (exact) mass is 437 g/mol. The molecule has 8 nitrogen and oxygen atoms in total. The van der Waals surface area contributed by atoms with Gasteiger partial charge in [0.2, 0.25) is 5.01 Å². The summed E-state index contributed by atoms with van der Waals surface area (Å²) in [6, 6.07) is 16.4. The van der Waals surface area contributed by atoms with Gasteiger partial charge in [-0.25, -0.2) is 4.79 Å². The SMILES string of the molecule is COc1ccccc1NC(=O)N1CCC(c2nnc(C(=O)Nc3ccccc3)s2)CC1. The van der Waals surface area contributed by atoms with Gasteiger partial charge in [0.05, 0.1) is 12.8 Å². The van der Waals surface area contributed by atoms with Crippen LogP contribution in [0.4, 0.5) is 16.2 Å². The van der Waals surface area contributed by atoms with Crippen LogP contribution < -0.4 is 15.4 Å². The molecule has 9 heteroatoms. The third-order valence-electron chi connectivity index (χ3n) is 5.15. The van der Waals surface area contributed by atoms with E-state index in [1.807, 2.05) is 54.6 Å². The van der Waals surface area contributed by atoms with E-state index < -0.39 is 0 Å². The first-order valence-corrected chi connectivity index (χ1v) is 10.8. The Hall–Kier alpha value is -3.46. The van der Waals surface area contributed by atoms with Gasteiger partial charge in [-0.05, 0) is 37.1 Å². The van der Waals surface area contributed by atoms with Crippen molar-refractivity contribution in [3.63, 3.8) is 0 Å². The number of ether oxygens (including phenoxy) is 1. The molecule has 2 heterocycles. The Morgan fingerprint density at radius 1 is 1.00 bits per heavy atom. The van der Waals surface area contributed by atoms with Crippen LogP contribution in [0.25, 0.3) is 0 Å². The van der Waals surface area contributed by atoms with E-state index in [1.54, 1.807) is 12.0 Å². The van der Waals surface area contributed by atoms with E-state index in [4.69, 9.17) is 4.74 Å². The summed E-state index contributed by atoms with van der Waals surface area (Å²) in [5.74, 6) is 0.551. The summed E-state index contributed by atoms with van der Waals surface area (Å²) >= 11 is 1.31. The van der Waals surface area contributed by atoms with Crippen LogP contribution in [0.1, 0.15) is 33.6 Å². The van der Waals surface area contributed by atoms with E-state index in [9.17, 15) is 9.59 Å². The number of benzene rings is 2. The lowest BCUT2D eigenvalue weighted by molar-refractivity contribution is 0.102. The molecule has 3 amide bonds. The molecule has 2 N–H and O–H groups in total. The molecule has 1 aliphatic heterocycles. The van der Waals surface area contributed by atoms with Crippen LogP contribution in [0.15, 0.2) is 54.6 Å². The maximum Gasteiger partial charge on any atom is 0.321 e. The summed E-state index contributed by atoms with van der Waals surface area (Å²) in [5.41, 5.74) is 1.37. The fraction of sp³-hybridized carbons (Fsp3) is 0.273. The number of anilines is 2. The molecular formula is C22H23N5O3S. The van der Waals surface area contributed by atoms with Crippen LogP contribution in [-0.4, -0.2) is 47.2 Å². The fourth-order valence-corrected chi connectivity index (χ4v) is 4.38. The zero-order chi connectivity index (χ0) is 21.6. The Bertz CT molecular complexity index is 1050. The maximum atomic E-state index is 12.6. The van der Waals surface area contributed by atoms with Gasteiger partial charge in [0, 0.05) is 24.7 Å². The quantitative estimate of drug-likeness (QED) is 0.623. The minimum absolute atomic E-state index is 0.150. The van der Waals surface area contributed by atoms with Gasteiger partial charge in [0.25, 0.3) is 5.91 Å². The van der Waals surface area contributed by atoms with E-state index in [1.165, 1.54) is 11.3 Å². The van der Waals surface area contributed by atoms with E-state index in [2.05, 4.69) is 20.8 Å². The van der Waals surface area contributed by atoms with Crippen LogP contribution in [0.3, 0.4) is 0 Å². The molecule has 160 valence electrons. The highest BCUT2D eigenvalue weighted by atomic mass is 32.1. The number of para-hydroxylation sites is 3. The number of piperidine rings is 1. The van der Waals surface area contributed by atoms with E-state index in [-0.39, 0.29) is 17.9 Å². The van der Waals surface area contributed by atoms with Gasteiger partial charge in [-0.1, -0.05) is 41.7 Å². The number of aromatic nitrogens is 2. The summed E-state index contributed by atoms with van der Waals surface area (Å²) in [6.45, 7) is 1.22. The molecule has 0 saturated carbocycles. The first-order chi connectivity index (χ1) is 15.1. The zero-order valence-electron chi connectivity index (χ0n) is 17.1. The van der Waals surface area contributed by atoms with Crippen molar-refractivity contribution < 1.29 is 14.3 Å². The second-order valence-electron chi connectivity index (χ2n) is 7.16. The first-order valence-electron chi connectivity index (χ1n) is 10.0. The lowest BCUT2D eigenvalue weighted by Crippen LogP contribution is -2.40. The largest absolute Gasteiger partial charge is 0.495 e. The highest BCUT2D eigenvalue weighted by molar-refractivity contribution is 7.13. The molecule has 0 atom stereocenters. The van der Waals surface area contributed by atoms with Crippen molar-refractivity contribution >= 4 is 34.6 Å². The van der Waals surface area contributed by atoms with Gasteiger partial charge < -0.3 is 20.3 Å². The molecule has 1 saturated heterocycles. The number of nitrogens with one attached hydrogen (secondary N) is 2. The first kappa shape index (κ1) is 20.8. The van der Waals surface area contributed by atoms with E-state index >= 15 is 0 Å². The standard InChI is InChI=1S/C22H23N5O3S/c1-30-18-10-6-5-9-17(18)24-22(29)27-13-11-15(12-14-27)20-25-26-21(31-20)19(28)23-16-7-3-2-4-8-16/h2-10,15H,11-14H2,1H3,(H,23,28)(H,24,29).